The molecule has 0 radical (unpaired) electrons. The topological polar surface area (TPSA) is 99.9 Å². The molecule has 0 bridgehead atoms. The number of nitrogens with zero attached hydrogens (tertiary/aromatic N) is 1. The van der Waals surface area contributed by atoms with Gasteiger partial charge in [-0.25, -0.2) is 0 Å². The molecule has 0 aliphatic carbocycles. The number of amides is 2. The molecule has 146 valence electrons. The Balaban J connectivity index is 2.13. The van der Waals surface area contributed by atoms with Crippen molar-refractivity contribution in [2.24, 2.45) is 5.41 Å². The van der Waals surface area contributed by atoms with Crippen LogP contribution in [0.15, 0.2) is 58.4 Å². The molecule has 2 heterocycles. The van der Waals surface area contributed by atoms with Gasteiger partial charge in [0.2, 0.25) is 5.91 Å². The van der Waals surface area contributed by atoms with Crippen LogP contribution in [-0.4, -0.2) is 22.7 Å². The molecule has 1 aliphatic heterocycles. The molecule has 2 aromatic rings. The summed E-state index contributed by atoms with van der Waals surface area (Å²) < 4.78 is 5.49. The highest BCUT2D eigenvalue weighted by Crippen LogP contribution is 2.43. The first-order valence-electron chi connectivity index (χ1n) is 8.84. The minimum absolute atomic E-state index is 0.00243. The zero-order valence-electron chi connectivity index (χ0n) is 16.1. The third kappa shape index (κ3) is 3.43. The number of carbonyl (C=O) groups is 3. The Morgan fingerprint density at radius 2 is 1.89 bits per heavy atom. The molecule has 1 atom stereocenters. The molecule has 2 amide bonds. The fourth-order valence-electron chi connectivity index (χ4n) is 3.16. The van der Waals surface area contributed by atoms with E-state index in [-0.39, 0.29) is 17.3 Å². The fraction of sp³-hybridized carbons (Fsp3) is 0.286. The normalized spacial score (nSPS) is 17.2. The zero-order chi connectivity index (χ0) is 20.6. The van der Waals surface area contributed by atoms with E-state index in [1.54, 1.807) is 57.2 Å². The number of rotatable bonds is 4. The average Bonchev–Trinajstić information content (AvgIpc) is 3.21. The van der Waals surface area contributed by atoms with Crippen LogP contribution in [0.3, 0.4) is 0 Å². The van der Waals surface area contributed by atoms with Crippen LogP contribution in [0.4, 0.5) is 11.4 Å². The molecule has 0 saturated carbocycles. The number of anilines is 2. The van der Waals surface area contributed by atoms with Crippen molar-refractivity contribution in [1.29, 1.82) is 0 Å². The maximum Gasteiger partial charge on any atom is 0.294 e. The molecule has 0 fully saturated rings. The maximum absolute atomic E-state index is 13.0. The van der Waals surface area contributed by atoms with Gasteiger partial charge in [-0.05, 0) is 30.3 Å². The minimum Gasteiger partial charge on any atom is -0.503 e. The lowest BCUT2D eigenvalue weighted by atomic mass is 9.83. The lowest BCUT2D eigenvalue weighted by Crippen LogP contribution is -2.32. The van der Waals surface area contributed by atoms with E-state index in [4.69, 9.17) is 4.42 Å². The van der Waals surface area contributed by atoms with Gasteiger partial charge in [-0.2, -0.15) is 0 Å². The fourth-order valence-corrected chi connectivity index (χ4v) is 3.16. The lowest BCUT2D eigenvalue weighted by molar-refractivity contribution is -0.123. The van der Waals surface area contributed by atoms with Gasteiger partial charge in [-0.15, -0.1) is 0 Å². The standard InChI is InChI=1S/C21H22N2O5/c1-12(24)22-13-7-5-8-14(11-13)23-17(15-9-6-10-28-15)16(18(25)20(23)27)19(26)21(2,3)4/h5-11,17,25H,1-4H3,(H,22,24). The van der Waals surface area contributed by atoms with E-state index < -0.39 is 23.1 Å². The Labute approximate surface area is 162 Å². The second kappa shape index (κ2) is 6.99. The van der Waals surface area contributed by atoms with Crippen LogP contribution >= 0.6 is 0 Å². The van der Waals surface area contributed by atoms with E-state index in [0.717, 1.165) is 0 Å². The summed E-state index contributed by atoms with van der Waals surface area (Å²) in [5.41, 5.74) is 0.104. The Kier molecular flexibility index (Phi) is 4.85. The van der Waals surface area contributed by atoms with Crippen LogP contribution in [0.2, 0.25) is 0 Å². The van der Waals surface area contributed by atoms with Crippen LogP contribution in [0.25, 0.3) is 0 Å². The predicted octanol–water partition coefficient (Wildman–Crippen LogP) is 3.75. The number of hydrogen-bond acceptors (Lipinski definition) is 5. The first kappa shape index (κ1) is 19.4. The van der Waals surface area contributed by atoms with E-state index in [1.165, 1.54) is 18.1 Å². The van der Waals surface area contributed by atoms with Crippen molar-refractivity contribution < 1.29 is 23.9 Å². The molecule has 1 aromatic heterocycles. The number of carbonyl (C=O) groups excluding carboxylic acids is 3. The quantitative estimate of drug-likeness (QED) is 0.839. The van der Waals surface area contributed by atoms with E-state index in [0.29, 0.717) is 17.1 Å². The monoisotopic (exact) mass is 382 g/mol. The summed E-state index contributed by atoms with van der Waals surface area (Å²) >= 11 is 0. The number of nitrogens with one attached hydrogen (secondary N) is 1. The van der Waals surface area contributed by atoms with Crippen LogP contribution in [0.1, 0.15) is 39.5 Å². The van der Waals surface area contributed by atoms with Crippen LogP contribution < -0.4 is 10.2 Å². The molecule has 1 aromatic carbocycles. The van der Waals surface area contributed by atoms with Gasteiger partial charge in [-0.1, -0.05) is 26.8 Å². The summed E-state index contributed by atoms with van der Waals surface area (Å²) in [5.74, 6) is -1.53. The molecule has 1 unspecified atom stereocenters. The molecule has 7 heteroatoms. The molecular weight excluding hydrogens is 360 g/mol. The minimum atomic E-state index is -0.901. The van der Waals surface area contributed by atoms with Crippen molar-refractivity contribution in [2.45, 2.75) is 33.7 Å². The van der Waals surface area contributed by atoms with E-state index in [1.807, 2.05) is 0 Å². The third-order valence-corrected chi connectivity index (χ3v) is 4.39. The first-order chi connectivity index (χ1) is 13.1. The summed E-state index contributed by atoms with van der Waals surface area (Å²) in [4.78, 5) is 38.6. The molecule has 0 spiro atoms. The molecule has 2 N–H and O–H groups in total. The molecule has 1 aliphatic rings. The van der Waals surface area contributed by atoms with Gasteiger partial charge in [0.05, 0.1) is 11.8 Å². The van der Waals surface area contributed by atoms with E-state index in [2.05, 4.69) is 5.32 Å². The molecular formula is C21H22N2O5. The van der Waals surface area contributed by atoms with Crippen molar-refractivity contribution in [3.05, 3.63) is 59.8 Å². The van der Waals surface area contributed by atoms with Gasteiger partial charge >= 0.3 is 0 Å². The molecule has 0 saturated heterocycles. The van der Waals surface area contributed by atoms with Gasteiger partial charge in [0.15, 0.2) is 11.5 Å². The number of aliphatic hydroxyl groups is 1. The second-order valence-electron chi connectivity index (χ2n) is 7.67. The summed E-state index contributed by atoms with van der Waals surface area (Å²) in [6, 6.07) is 9.03. The van der Waals surface area contributed by atoms with Crippen molar-refractivity contribution in [2.75, 3.05) is 10.2 Å². The Bertz CT molecular complexity index is 967. The van der Waals surface area contributed by atoms with Crippen LogP contribution in [-0.2, 0) is 14.4 Å². The van der Waals surface area contributed by atoms with Gasteiger partial charge in [0.25, 0.3) is 5.91 Å². The number of Topliss-reactive ketones (excluding diaryl/α,β-unsaturated/α-hetero) is 1. The summed E-state index contributed by atoms with van der Waals surface area (Å²) in [6.07, 6.45) is 1.44. The Morgan fingerprint density at radius 3 is 2.46 bits per heavy atom. The van der Waals surface area contributed by atoms with E-state index >= 15 is 0 Å². The Morgan fingerprint density at radius 1 is 1.18 bits per heavy atom. The van der Waals surface area contributed by atoms with Gasteiger partial charge in [-0.3, -0.25) is 19.3 Å². The second-order valence-corrected chi connectivity index (χ2v) is 7.67. The largest absolute Gasteiger partial charge is 0.503 e. The number of ketones is 1. The first-order valence-corrected chi connectivity index (χ1v) is 8.84. The van der Waals surface area contributed by atoms with Gasteiger partial charge < -0.3 is 14.8 Å². The number of aliphatic hydroxyl groups excluding tert-OH is 1. The van der Waals surface area contributed by atoms with E-state index in [9.17, 15) is 19.5 Å². The van der Waals surface area contributed by atoms with Gasteiger partial charge in [0.1, 0.15) is 11.8 Å². The molecule has 3 rings (SSSR count). The van der Waals surface area contributed by atoms with Gasteiger partial charge in [0, 0.05) is 23.7 Å². The lowest BCUT2D eigenvalue weighted by Gasteiger charge is -2.27. The highest BCUT2D eigenvalue weighted by atomic mass is 16.3. The van der Waals surface area contributed by atoms with Crippen molar-refractivity contribution in [3.8, 4) is 0 Å². The maximum atomic E-state index is 13.0. The highest BCUT2D eigenvalue weighted by Gasteiger charge is 2.47. The SMILES string of the molecule is CC(=O)Nc1cccc(N2C(=O)C(O)=C(C(=O)C(C)(C)C)C2c2ccco2)c1. The van der Waals surface area contributed by atoms with Crippen LogP contribution in [0.5, 0.6) is 0 Å². The number of furan rings is 1. The zero-order valence-corrected chi connectivity index (χ0v) is 16.1. The smallest absolute Gasteiger partial charge is 0.294 e. The van der Waals surface area contributed by atoms with Crippen molar-refractivity contribution in [3.63, 3.8) is 0 Å². The molecule has 7 nitrogen and oxygen atoms in total. The Hall–Kier alpha value is -3.35. The van der Waals surface area contributed by atoms with Crippen LogP contribution in [0, 0.1) is 5.41 Å². The summed E-state index contributed by atoms with van der Waals surface area (Å²) in [7, 11) is 0. The average molecular weight is 382 g/mol. The number of benzene rings is 1. The predicted molar refractivity (Wildman–Crippen MR) is 104 cm³/mol. The number of hydrogen-bond donors (Lipinski definition) is 2. The van der Waals surface area contributed by atoms with Crippen molar-refractivity contribution >= 4 is 29.0 Å². The summed E-state index contributed by atoms with van der Waals surface area (Å²) in [5, 5.41) is 13.2. The van der Waals surface area contributed by atoms with Crippen molar-refractivity contribution in [1.82, 2.24) is 0 Å². The summed E-state index contributed by atoms with van der Waals surface area (Å²) in [6.45, 7) is 6.55. The molecule has 28 heavy (non-hydrogen) atoms. The highest BCUT2D eigenvalue weighted by molar-refractivity contribution is 6.17. The third-order valence-electron chi connectivity index (χ3n) is 4.39.